The zero-order valence-electron chi connectivity index (χ0n) is 14.2. The van der Waals surface area contributed by atoms with Crippen LogP contribution in [-0.2, 0) is 9.47 Å². The monoisotopic (exact) mass is 299 g/mol. The van der Waals surface area contributed by atoms with Gasteiger partial charge >= 0.3 is 0 Å². The van der Waals surface area contributed by atoms with Crippen LogP contribution in [0.5, 0.6) is 0 Å². The molecular weight excluding hydrogens is 262 g/mol. The lowest BCUT2D eigenvalue weighted by Crippen LogP contribution is -2.45. The van der Waals surface area contributed by atoms with Crippen LogP contribution in [0.25, 0.3) is 0 Å². The van der Waals surface area contributed by atoms with Crippen molar-refractivity contribution >= 4 is 0 Å². The van der Waals surface area contributed by atoms with E-state index in [-0.39, 0.29) is 5.60 Å². The van der Waals surface area contributed by atoms with Gasteiger partial charge in [-0.3, -0.25) is 0 Å². The molecule has 0 atom stereocenters. The Morgan fingerprint density at radius 2 is 1.38 bits per heavy atom. The Morgan fingerprint density at radius 3 is 1.90 bits per heavy atom. The second kappa shape index (κ2) is 12.4. The van der Waals surface area contributed by atoms with Crippen LogP contribution in [0.15, 0.2) is 0 Å². The molecule has 1 saturated heterocycles. The van der Waals surface area contributed by atoms with E-state index in [4.69, 9.17) is 15.2 Å². The second-order valence-electron chi connectivity index (χ2n) is 6.53. The van der Waals surface area contributed by atoms with E-state index in [1.165, 1.54) is 64.2 Å². The number of unbranched alkanes of at least 4 members (excludes halogenated alkanes) is 9. The highest BCUT2D eigenvalue weighted by molar-refractivity contribution is 4.84. The maximum atomic E-state index is 6.09. The molecule has 0 aromatic heterocycles. The normalized spacial score (nSPS) is 18.0. The van der Waals surface area contributed by atoms with E-state index < -0.39 is 0 Å². The molecule has 1 aliphatic heterocycles. The molecule has 0 saturated carbocycles. The van der Waals surface area contributed by atoms with Gasteiger partial charge in [0.15, 0.2) is 0 Å². The second-order valence-corrected chi connectivity index (χ2v) is 6.53. The Morgan fingerprint density at radius 1 is 0.857 bits per heavy atom. The van der Waals surface area contributed by atoms with Crippen molar-refractivity contribution in [2.75, 3.05) is 26.4 Å². The molecule has 1 rings (SSSR count). The first-order valence-corrected chi connectivity index (χ1v) is 9.25. The molecule has 0 aliphatic carbocycles. The van der Waals surface area contributed by atoms with Crippen LogP contribution in [0, 0.1) is 0 Å². The number of rotatable bonds is 13. The fourth-order valence-electron chi connectivity index (χ4n) is 3.03. The van der Waals surface area contributed by atoms with Crippen molar-refractivity contribution < 1.29 is 9.47 Å². The summed E-state index contributed by atoms with van der Waals surface area (Å²) < 4.78 is 11.5. The lowest BCUT2D eigenvalue weighted by molar-refractivity contribution is -0.105. The van der Waals surface area contributed by atoms with Crippen molar-refractivity contribution in [2.24, 2.45) is 5.73 Å². The standard InChI is InChI=1S/C18H37NO2/c1-2-3-4-5-6-7-8-9-10-11-14-21-18(17-19)12-15-20-16-13-18/h2-17,19H2,1H3. The predicted molar refractivity (Wildman–Crippen MR) is 89.6 cm³/mol. The third kappa shape index (κ3) is 8.80. The third-order valence-corrected chi connectivity index (χ3v) is 4.68. The van der Waals surface area contributed by atoms with Gasteiger partial charge in [-0.25, -0.2) is 0 Å². The molecule has 2 N–H and O–H groups in total. The number of hydrogen-bond donors (Lipinski definition) is 1. The summed E-state index contributed by atoms with van der Waals surface area (Å²) in [7, 11) is 0. The van der Waals surface area contributed by atoms with Crippen LogP contribution in [0.4, 0.5) is 0 Å². The van der Waals surface area contributed by atoms with Crippen molar-refractivity contribution in [1.82, 2.24) is 0 Å². The van der Waals surface area contributed by atoms with Gasteiger partial charge in [0.2, 0.25) is 0 Å². The van der Waals surface area contributed by atoms with Crippen molar-refractivity contribution in [3.8, 4) is 0 Å². The molecule has 21 heavy (non-hydrogen) atoms. The highest BCUT2D eigenvalue weighted by Gasteiger charge is 2.31. The van der Waals surface area contributed by atoms with Crippen molar-refractivity contribution in [1.29, 1.82) is 0 Å². The highest BCUT2D eigenvalue weighted by atomic mass is 16.5. The fraction of sp³-hybridized carbons (Fsp3) is 1.00. The van der Waals surface area contributed by atoms with Crippen LogP contribution >= 0.6 is 0 Å². The molecular formula is C18H37NO2. The van der Waals surface area contributed by atoms with Crippen molar-refractivity contribution in [2.45, 2.75) is 89.6 Å². The Hall–Kier alpha value is -0.120. The zero-order valence-corrected chi connectivity index (χ0v) is 14.2. The lowest BCUT2D eigenvalue weighted by atomic mass is 9.94. The Labute approximate surface area is 132 Å². The van der Waals surface area contributed by atoms with E-state index in [1.807, 2.05) is 0 Å². The van der Waals surface area contributed by atoms with Gasteiger partial charge in [-0.2, -0.15) is 0 Å². The Kier molecular flexibility index (Phi) is 11.2. The summed E-state index contributed by atoms with van der Waals surface area (Å²) in [4.78, 5) is 0. The highest BCUT2D eigenvalue weighted by Crippen LogP contribution is 2.24. The number of nitrogens with two attached hydrogens (primary N) is 1. The first-order chi connectivity index (χ1) is 10.3. The third-order valence-electron chi connectivity index (χ3n) is 4.68. The lowest BCUT2D eigenvalue weighted by Gasteiger charge is -2.36. The molecule has 0 amide bonds. The van der Waals surface area contributed by atoms with Gasteiger partial charge in [-0.1, -0.05) is 64.7 Å². The zero-order chi connectivity index (χ0) is 15.2. The summed E-state index contributed by atoms with van der Waals surface area (Å²) in [6.07, 6.45) is 15.6. The average molecular weight is 299 g/mol. The van der Waals surface area contributed by atoms with Crippen LogP contribution < -0.4 is 5.73 Å². The van der Waals surface area contributed by atoms with Gasteiger partial charge < -0.3 is 15.2 Å². The summed E-state index contributed by atoms with van der Waals surface area (Å²) in [6, 6.07) is 0. The maximum absolute atomic E-state index is 6.09. The summed E-state index contributed by atoms with van der Waals surface area (Å²) in [5, 5.41) is 0. The minimum atomic E-state index is -0.0858. The molecule has 0 aromatic carbocycles. The molecule has 1 heterocycles. The molecule has 0 unspecified atom stereocenters. The molecule has 1 aliphatic rings. The smallest absolute Gasteiger partial charge is 0.0847 e. The molecule has 126 valence electrons. The van der Waals surface area contributed by atoms with Crippen LogP contribution in [0.1, 0.15) is 84.0 Å². The minimum absolute atomic E-state index is 0.0858. The van der Waals surface area contributed by atoms with E-state index in [0.29, 0.717) is 6.54 Å². The van der Waals surface area contributed by atoms with E-state index in [0.717, 1.165) is 32.7 Å². The molecule has 0 radical (unpaired) electrons. The topological polar surface area (TPSA) is 44.5 Å². The molecule has 0 spiro atoms. The van der Waals surface area contributed by atoms with Crippen LogP contribution in [0.3, 0.4) is 0 Å². The van der Waals surface area contributed by atoms with Gasteiger partial charge in [-0.05, 0) is 6.42 Å². The van der Waals surface area contributed by atoms with Gasteiger partial charge in [-0.15, -0.1) is 0 Å². The van der Waals surface area contributed by atoms with Crippen molar-refractivity contribution in [3.63, 3.8) is 0 Å². The van der Waals surface area contributed by atoms with Crippen LogP contribution in [0.2, 0.25) is 0 Å². The molecule has 1 fully saturated rings. The molecule has 3 heteroatoms. The summed E-state index contributed by atoms with van der Waals surface area (Å²) >= 11 is 0. The first kappa shape index (κ1) is 18.9. The summed E-state index contributed by atoms with van der Waals surface area (Å²) in [5.41, 5.74) is 5.80. The molecule has 0 bridgehead atoms. The van der Waals surface area contributed by atoms with E-state index in [9.17, 15) is 0 Å². The van der Waals surface area contributed by atoms with Gasteiger partial charge in [0.05, 0.1) is 5.60 Å². The largest absolute Gasteiger partial charge is 0.381 e. The van der Waals surface area contributed by atoms with E-state index in [1.54, 1.807) is 0 Å². The molecule has 3 nitrogen and oxygen atoms in total. The summed E-state index contributed by atoms with van der Waals surface area (Å²) in [5.74, 6) is 0. The minimum Gasteiger partial charge on any atom is -0.381 e. The Balaban J connectivity index is 1.87. The Bertz CT molecular complexity index is 227. The maximum Gasteiger partial charge on any atom is 0.0847 e. The SMILES string of the molecule is CCCCCCCCCCCCOC1(CN)CCOCC1. The van der Waals surface area contributed by atoms with Crippen LogP contribution in [-0.4, -0.2) is 32.0 Å². The average Bonchev–Trinajstić information content (AvgIpc) is 2.53. The first-order valence-electron chi connectivity index (χ1n) is 9.25. The quantitative estimate of drug-likeness (QED) is 0.512. The van der Waals surface area contributed by atoms with Gasteiger partial charge in [0.25, 0.3) is 0 Å². The summed E-state index contributed by atoms with van der Waals surface area (Å²) in [6.45, 7) is 5.38. The number of ether oxygens (including phenoxy) is 2. The van der Waals surface area contributed by atoms with E-state index >= 15 is 0 Å². The fourth-order valence-corrected chi connectivity index (χ4v) is 3.03. The van der Waals surface area contributed by atoms with E-state index in [2.05, 4.69) is 6.92 Å². The van der Waals surface area contributed by atoms with Crippen molar-refractivity contribution in [3.05, 3.63) is 0 Å². The molecule has 0 aromatic rings. The van der Waals surface area contributed by atoms with Gasteiger partial charge in [0, 0.05) is 39.2 Å². The number of hydrogen-bond acceptors (Lipinski definition) is 3. The predicted octanol–water partition coefficient (Wildman–Crippen LogP) is 4.43. The van der Waals surface area contributed by atoms with Gasteiger partial charge in [0.1, 0.15) is 0 Å².